The molecule has 4 heteroatoms. The van der Waals surface area contributed by atoms with Crippen molar-refractivity contribution in [3.63, 3.8) is 0 Å². The first-order valence-electron chi connectivity index (χ1n) is 7.77. The van der Waals surface area contributed by atoms with Crippen LogP contribution in [0.1, 0.15) is 12.5 Å². The molecule has 24 heavy (non-hydrogen) atoms. The molecule has 0 saturated carbocycles. The van der Waals surface area contributed by atoms with Crippen molar-refractivity contribution in [2.45, 2.75) is 6.92 Å². The third kappa shape index (κ3) is 5.65. The molecule has 2 aromatic rings. The van der Waals surface area contributed by atoms with Gasteiger partial charge in [0.1, 0.15) is 18.1 Å². The minimum atomic E-state index is -0.204. The van der Waals surface area contributed by atoms with Crippen molar-refractivity contribution < 1.29 is 14.3 Å². The van der Waals surface area contributed by atoms with Gasteiger partial charge in [0.25, 0.3) is 0 Å². The summed E-state index contributed by atoms with van der Waals surface area (Å²) in [4.78, 5) is 12.0. The number of nitrogens with one attached hydrogen (secondary N) is 1. The normalized spacial score (nSPS) is 10.4. The number of hydrogen-bond acceptors (Lipinski definition) is 3. The monoisotopic (exact) mass is 323 g/mol. The van der Waals surface area contributed by atoms with Gasteiger partial charge < -0.3 is 14.8 Å². The van der Waals surface area contributed by atoms with Gasteiger partial charge in [0, 0.05) is 17.8 Å². The highest BCUT2D eigenvalue weighted by Crippen LogP contribution is 2.17. The molecular formula is C20H21NO3. The Bertz CT molecular complexity index is 705. The van der Waals surface area contributed by atoms with Crippen LogP contribution in [0.5, 0.6) is 11.5 Å². The number of benzene rings is 2. The van der Waals surface area contributed by atoms with Crippen LogP contribution in [0.25, 0.3) is 6.08 Å². The van der Waals surface area contributed by atoms with E-state index in [1.54, 1.807) is 18.2 Å². The molecule has 1 amide bonds. The third-order valence-corrected chi connectivity index (χ3v) is 3.09. The molecule has 0 atom stereocenters. The molecule has 4 nitrogen and oxygen atoms in total. The van der Waals surface area contributed by atoms with Crippen molar-refractivity contribution in [3.05, 3.63) is 72.8 Å². The van der Waals surface area contributed by atoms with Gasteiger partial charge in [-0.05, 0) is 42.8 Å². The zero-order chi connectivity index (χ0) is 17.2. The Labute approximate surface area is 142 Å². The van der Waals surface area contributed by atoms with Gasteiger partial charge in [0.05, 0.1) is 6.61 Å². The van der Waals surface area contributed by atoms with Gasteiger partial charge >= 0.3 is 0 Å². The van der Waals surface area contributed by atoms with E-state index in [1.807, 2.05) is 49.4 Å². The second-order valence-electron chi connectivity index (χ2n) is 4.95. The topological polar surface area (TPSA) is 47.6 Å². The fourth-order valence-electron chi connectivity index (χ4n) is 2.02. The first-order chi connectivity index (χ1) is 11.7. The van der Waals surface area contributed by atoms with Gasteiger partial charge in [-0.3, -0.25) is 4.79 Å². The summed E-state index contributed by atoms with van der Waals surface area (Å²) < 4.78 is 10.8. The van der Waals surface area contributed by atoms with Gasteiger partial charge in [0.2, 0.25) is 5.91 Å². The molecule has 0 aromatic heterocycles. The van der Waals surface area contributed by atoms with Gasteiger partial charge in [-0.25, -0.2) is 0 Å². The second kappa shape index (κ2) is 9.20. The van der Waals surface area contributed by atoms with Crippen molar-refractivity contribution in [2.24, 2.45) is 0 Å². The van der Waals surface area contributed by atoms with E-state index in [9.17, 15) is 4.79 Å². The smallest absolute Gasteiger partial charge is 0.248 e. The number of carbonyl (C=O) groups excluding carboxylic acids is 1. The lowest BCUT2D eigenvalue weighted by molar-refractivity contribution is -0.111. The van der Waals surface area contributed by atoms with Crippen molar-refractivity contribution in [3.8, 4) is 11.5 Å². The van der Waals surface area contributed by atoms with Crippen molar-refractivity contribution in [1.82, 2.24) is 0 Å². The Balaban J connectivity index is 1.93. The lowest BCUT2D eigenvalue weighted by Crippen LogP contribution is -2.07. The summed E-state index contributed by atoms with van der Waals surface area (Å²) in [5, 5.41) is 2.80. The van der Waals surface area contributed by atoms with Crippen molar-refractivity contribution in [2.75, 3.05) is 18.5 Å². The third-order valence-electron chi connectivity index (χ3n) is 3.09. The Hall–Kier alpha value is -3.01. The number of anilines is 1. The highest BCUT2D eigenvalue weighted by atomic mass is 16.5. The fraction of sp³-hybridized carbons (Fsp3) is 0.150. The molecule has 2 aromatic carbocycles. The van der Waals surface area contributed by atoms with Gasteiger partial charge in [-0.15, -0.1) is 0 Å². The maximum atomic E-state index is 12.0. The molecule has 0 aliphatic carbocycles. The summed E-state index contributed by atoms with van der Waals surface area (Å²) >= 11 is 0. The molecule has 124 valence electrons. The van der Waals surface area contributed by atoms with E-state index in [4.69, 9.17) is 9.47 Å². The quantitative estimate of drug-likeness (QED) is 0.582. The van der Waals surface area contributed by atoms with E-state index in [-0.39, 0.29) is 5.91 Å². The van der Waals surface area contributed by atoms with Crippen LogP contribution in [0.15, 0.2) is 67.3 Å². The van der Waals surface area contributed by atoms with Crippen LogP contribution in [0.4, 0.5) is 5.69 Å². The van der Waals surface area contributed by atoms with E-state index in [0.717, 1.165) is 11.3 Å². The average Bonchev–Trinajstić information content (AvgIpc) is 2.60. The molecule has 0 saturated heterocycles. The predicted molar refractivity (Wildman–Crippen MR) is 97.4 cm³/mol. The summed E-state index contributed by atoms with van der Waals surface area (Å²) in [5.74, 6) is 1.29. The van der Waals surface area contributed by atoms with E-state index in [1.165, 1.54) is 6.08 Å². The number of ether oxygens (including phenoxy) is 2. The SMILES string of the molecule is C=CCOc1cccc(NC(=O)/C=C/c2ccc(OCC)cc2)c1. The lowest BCUT2D eigenvalue weighted by atomic mass is 10.2. The van der Waals surface area contributed by atoms with E-state index < -0.39 is 0 Å². The Kier molecular flexibility index (Phi) is 6.65. The summed E-state index contributed by atoms with van der Waals surface area (Å²) in [6, 6.07) is 14.8. The van der Waals surface area contributed by atoms with Crippen LogP contribution in [0.2, 0.25) is 0 Å². The van der Waals surface area contributed by atoms with Crippen LogP contribution in [0.3, 0.4) is 0 Å². The molecule has 0 aliphatic rings. The Morgan fingerprint density at radius 2 is 1.92 bits per heavy atom. The van der Waals surface area contributed by atoms with Crippen molar-refractivity contribution >= 4 is 17.7 Å². The first kappa shape index (κ1) is 17.3. The van der Waals surface area contributed by atoms with Crippen molar-refractivity contribution in [1.29, 1.82) is 0 Å². The molecule has 2 rings (SSSR count). The predicted octanol–water partition coefficient (Wildman–Crippen LogP) is 4.30. The molecule has 0 fully saturated rings. The highest BCUT2D eigenvalue weighted by Gasteiger charge is 2.00. The first-order valence-corrected chi connectivity index (χ1v) is 7.77. The molecule has 0 unspecified atom stereocenters. The number of amides is 1. The molecule has 0 bridgehead atoms. The van der Waals surface area contributed by atoms with Crippen LogP contribution < -0.4 is 14.8 Å². The molecule has 0 heterocycles. The zero-order valence-electron chi connectivity index (χ0n) is 13.7. The Morgan fingerprint density at radius 3 is 2.62 bits per heavy atom. The van der Waals surface area contributed by atoms with E-state index >= 15 is 0 Å². The number of rotatable bonds is 8. The van der Waals surface area contributed by atoms with Gasteiger partial charge in [-0.1, -0.05) is 30.9 Å². The number of carbonyl (C=O) groups is 1. The van der Waals surface area contributed by atoms with E-state index in [0.29, 0.717) is 24.7 Å². The zero-order valence-corrected chi connectivity index (χ0v) is 13.7. The largest absolute Gasteiger partial charge is 0.494 e. The molecular weight excluding hydrogens is 302 g/mol. The number of hydrogen-bond donors (Lipinski definition) is 1. The van der Waals surface area contributed by atoms with Crippen LogP contribution in [-0.4, -0.2) is 19.1 Å². The van der Waals surface area contributed by atoms with Gasteiger partial charge in [0.15, 0.2) is 0 Å². The maximum absolute atomic E-state index is 12.0. The second-order valence-corrected chi connectivity index (χ2v) is 4.95. The van der Waals surface area contributed by atoms with E-state index in [2.05, 4.69) is 11.9 Å². The molecule has 0 aliphatic heterocycles. The summed E-state index contributed by atoms with van der Waals surface area (Å²) in [7, 11) is 0. The van der Waals surface area contributed by atoms with Crippen LogP contribution >= 0.6 is 0 Å². The van der Waals surface area contributed by atoms with Crippen LogP contribution in [-0.2, 0) is 4.79 Å². The highest BCUT2D eigenvalue weighted by molar-refractivity contribution is 6.02. The lowest BCUT2D eigenvalue weighted by Gasteiger charge is -2.06. The summed E-state index contributed by atoms with van der Waals surface area (Å²) in [6.45, 7) is 6.60. The standard InChI is InChI=1S/C20H21NO3/c1-3-14-24-19-7-5-6-17(15-19)21-20(22)13-10-16-8-11-18(12-9-16)23-4-2/h3,5-13,15H,1,4,14H2,2H3,(H,21,22)/b13-10+. The molecule has 1 N–H and O–H groups in total. The van der Waals surface area contributed by atoms with Gasteiger partial charge in [-0.2, -0.15) is 0 Å². The average molecular weight is 323 g/mol. The van der Waals surface area contributed by atoms with Crippen LogP contribution in [0, 0.1) is 0 Å². The molecule has 0 radical (unpaired) electrons. The maximum Gasteiger partial charge on any atom is 0.248 e. The fourth-order valence-corrected chi connectivity index (χ4v) is 2.02. The summed E-state index contributed by atoms with van der Waals surface area (Å²) in [5.41, 5.74) is 1.61. The Morgan fingerprint density at radius 1 is 1.12 bits per heavy atom. The minimum absolute atomic E-state index is 0.204. The minimum Gasteiger partial charge on any atom is -0.494 e. The molecule has 0 spiro atoms. The summed E-state index contributed by atoms with van der Waals surface area (Å²) in [6.07, 6.45) is 4.92.